The van der Waals surface area contributed by atoms with Gasteiger partial charge in [0.25, 0.3) is 0 Å². The van der Waals surface area contributed by atoms with Crippen LogP contribution in [0.5, 0.6) is 23.0 Å². The van der Waals surface area contributed by atoms with Gasteiger partial charge in [0.1, 0.15) is 0 Å². The van der Waals surface area contributed by atoms with Gasteiger partial charge in [0, 0.05) is 13.1 Å². The number of ether oxygens (including phenoxy) is 3. The molecule has 0 atom stereocenters. The predicted molar refractivity (Wildman–Crippen MR) is 112 cm³/mol. The van der Waals surface area contributed by atoms with Crippen LogP contribution in [0.4, 0.5) is 0 Å². The maximum Gasteiger partial charge on any atom is 0.192 e. The number of rotatable bonds is 6. The number of halogens is 1. The molecule has 0 spiro atoms. The van der Waals surface area contributed by atoms with E-state index in [1.807, 2.05) is 47.3 Å². The van der Waals surface area contributed by atoms with Crippen LogP contribution in [0.15, 0.2) is 24.3 Å². The molecule has 0 aromatic heterocycles. The maximum atomic E-state index is 6.12. The standard InChI is InChI=1S/C19H21IN2O4/c1-23-16-4-10-11(5-17(16)24-2)15(9-22)13-7-19(26-20)18(25-3)6-12(13)14(10)8-21/h4-7H,8-9,21-22H2,1-3H3. The highest BCUT2D eigenvalue weighted by Gasteiger charge is 2.18. The third-order valence-electron chi connectivity index (χ3n) is 4.62. The second-order valence-electron chi connectivity index (χ2n) is 5.74. The van der Waals surface area contributed by atoms with Gasteiger partial charge in [0.15, 0.2) is 46.0 Å². The molecule has 0 saturated carbocycles. The molecule has 138 valence electrons. The molecule has 0 aliphatic heterocycles. The third-order valence-corrected chi connectivity index (χ3v) is 5.09. The van der Waals surface area contributed by atoms with E-state index in [-0.39, 0.29) is 0 Å². The molecular weight excluding hydrogens is 447 g/mol. The van der Waals surface area contributed by atoms with E-state index in [0.717, 1.165) is 32.7 Å². The summed E-state index contributed by atoms with van der Waals surface area (Å²) in [6.45, 7) is 0.723. The number of hydrogen-bond donors (Lipinski definition) is 2. The number of nitrogens with two attached hydrogens (primary N) is 2. The SMILES string of the molecule is COc1cc2c(CN)c3cc(OC)c(OI)cc3c(CN)c2cc1OC. The van der Waals surface area contributed by atoms with Gasteiger partial charge in [-0.25, -0.2) is 0 Å². The molecule has 3 aromatic rings. The summed E-state index contributed by atoms with van der Waals surface area (Å²) in [7, 11) is 4.84. The van der Waals surface area contributed by atoms with Crippen LogP contribution in [-0.2, 0) is 13.1 Å². The monoisotopic (exact) mass is 468 g/mol. The largest absolute Gasteiger partial charge is 0.493 e. The van der Waals surface area contributed by atoms with E-state index in [9.17, 15) is 0 Å². The summed E-state index contributed by atoms with van der Waals surface area (Å²) in [6, 6.07) is 7.78. The van der Waals surface area contributed by atoms with Gasteiger partial charge in [-0.3, -0.25) is 0 Å². The van der Waals surface area contributed by atoms with Gasteiger partial charge in [-0.2, -0.15) is 0 Å². The van der Waals surface area contributed by atoms with Crippen molar-refractivity contribution in [3.8, 4) is 23.0 Å². The lowest BCUT2D eigenvalue weighted by Crippen LogP contribution is -2.05. The fraction of sp³-hybridized carbons (Fsp3) is 0.263. The summed E-state index contributed by atoms with van der Waals surface area (Å²) in [5.74, 6) is 2.58. The van der Waals surface area contributed by atoms with E-state index in [4.69, 9.17) is 28.7 Å². The Morgan fingerprint density at radius 3 is 1.23 bits per heavy atom. The molecule has 0 aliphatic rings. The molecule has 0 heterocycles. The smallest absolute Gasteiger partial charge is 0.192 e. The molecule has 4 N–H and O–H groups in total. The molecule has 0 unspecified atom stereocenters. The van der Waals surface area contributed by atoms with Crippen LogP contribution in [0.25, 0.3) is 21.5 Å². The summed E-state index contributed by atoms with van der Waals surface area (Å²) in [6.07, 6.45) is 0. The van der Waals surface area contributed by atoms with Crippen LogP contribution >= 0.6 is 23.0 Å². The van der Waals surface area contributed by atoms with E-state index < -0.39 is 0 Å². The van der Waals surface area contributed by atoms with Crippen molar-refractivity contribution < 1.29 is 17.3 Å². The Morgan fingerprint density at radius 2 is 0.962 bits per heavy atom. The summed E-state index contributed by atoms with van der Waals surface area (Å²) in [4.78, 5) is 0. The van der Waals surface area contributed by atoms with Crippen molar-refractivity contribution >= 4 is 44.6 Å². The molecule has 0 bridgehead atoms. The zero-order valence-electron chi connectivity index (χ0n) is 14.9. The zero-order valence-corrected chi connectivity index (χ0v) is 17.0. The lowest BCUT2D eigenvalue weighted by atomic mass is 9.91. The van der Waals surface area contributed by atoms with Crippen molar-refractivity contribution in [2.45, 2.75) is 13.1 Å². The van der Waals surface area contributed by atoms with Crippen LogP contribution in [0, 0.1) is 0 Å². The van der Waals surface area contributed by atoms with Crippen LogP contribution in [-0.4, -0.2) is 21.3 Å². The Bertz CT molecular complexity index is 824. The average Bonchev–Trinajstić information content (AvgIpc) is 2.69. The molecule has 0 fully saturated rings. The Kier molecular flexibility index (Phi) is 5.59. The molecule has 0 aliphatic carbocycles. The topological polar surface area (TPSA) is 89.0 Å². The molecule has 3 rings (SSSR count). The quantitative estimate of drug-likeness (QED) is 0.424. The first-order chi connectivity index (χ1) is 12.6. The lowest BCUT2D eigenvalue weighted by Gasteiger charge is -2.19. The summed E-state index contributed by atoms with van der Waals surface area (Å²) in [5.41, 5.74) is 14.2. The lowest BCUT2D eigenvalue weighted by molar-refractivity contribution is 0.356. The molecule has 26 heavy (non-hydrogen) atoms. The van der Waals surface area contributed by atoms with Crippen molar-refractivity contribution in [2.75, 3.05) is 21.3 Å². The molecule has 6 nitrogen and oxygen atoms in total. The second kappa shape index (κ2) is 7.73. The number of methoxy groups -OCH3 is 3. The fourth-order valence-corrected chi connectivity index (χ4v) is 3.73. The minimum Gasteiger partial charge on any atom is -0.493 e. The van der Waals surface area contributed by atoms with E-state index in [2.05, 4.69) is 0 Å². The van der Waals surface area contributed by atoms with E-state index in [1.165, 1.54) is 0 Å². The summed E-state index contributed by atoms with van der Waals surface area (Å²) >= 11 is 1.84. The van der Waals surface area contributed by atoms with E-state index >= 15 is 0 Å². The van der Waals surface area contributed by atoms with E-state index in [0.29, 0.717) is 36.1 Å². The van der Waals surface area contributed by atoms with Crippen LogP contribution in [0.2, 0.25) is 0 Å². The average molecular weight is 468 g/mol. The maximum absolute atomic E-state index is 6.12. The molecular formula is C19H21IN2O4. The van der Waals surface area contributed by atoms with Crippen molar-refractivity contribution in [1.82, 2.24) is 0 Å². The number of benzene rings is 3. The van der Waals surface area contributed by atoms with Crippen LogP contribution in [0.3, 0.4) is 0 Å². The van der Waals surface area contributed by atoms with Gasteiger partial charge < -0.3 is 28.7 Å². The Morgan fingerprint density at radius 1 is 0.654 bits per heavy atom. The normalized spacial score (nSPS) is 11.0. The van der Waals surface area contributed by atoms with Crippen molar-refractivity contribution in [3.63, 3.8) is 0 Å². The fourth-order valence-electron chi connectivity index (χ4n) is 3.39. The van der Waals surface area contributed by atoms with Crippen molar-refractivity contribution in [1.29, 1.82) is 0 Å². The second-order valence-corrected chi connectivity index (χ2v) is 6.18. The number of fused-ring (bicyclic) bond motifs is 2. The first kappa shape index (κ1) is 18.8. The summed E-state index contributed by atoms with van der Waals surface area (Å²) < 4.78 is 21.8. The summed E-state index contributed by atoms with van der Waals surface area (Å²) in [5, 5.41) is 3.95. The first-order valence-electron chi connectivity index (χ1n) is 8.03. The van der Waals surface area contributed by atoms with Crippen LogP contribution in [0.1, 0.15) is 11.1 Å². The molecule has 0 saturated heterocycles. The highest BCUT2D eigenvalue weighted by atomic mass is 127. The van der Waals surface area contributed by atoms with Crippen LogP contribution < -0.4 is 28.7 Å². The van der Waals surface area contributed by atoms with Gasteiger partial charge in [-0.15, -0.1) is 0 Å². The third kappa shape index (κ3) is 2.89. The Balaban J connectivity index is 2.55. The Labute approximate surface area is 166 Å². The van der Waals surface area contributed by atoms with Gasteiger partial charge >= 0.3 is 0 Å². The molecule has 7 heteroatoms. The van der Waals surface area contributed by atoms with Gasteiger partial charge in [-0.05, 0) is 56.9 Å². The number of hydrogen-bond acceptors (Lipinski definition) is 6. The first-order valence-corrected chi connectivity index (χ1v) is 8.91. The zero-order chi connectivity index (χ0) is 18.8. The molecule has 0 radical (unpaired) electrons. The highest BCUT2D eigenvalue weighted by Crippen LogP contribution is 2.43. The highest BCUT2D eigenvalue weighted by molar-refractivity contribution is 14.1. The minimum absolute atomic E-state index is 0.361. The van der Waals surface area contributed by atoms with Gasteiger partial charge in [0.2, 0.25) is 0 Å². The van der Waals surface area contributed by atoms with Crippen molar-refractivity contribution in [2.24, 2.45) is 11.5 Å². The van der Waals surface area contributed by atoms with Gasteiger partial charge in [0.05, 0.1) is 21.3 Å². The van der Waals surface area contributed by atoms with Gasteiger partial charge in [-0.1, -0.05) is 0 Å². The predicted octanol–water partition coefficient (Wildman–Crippen LogP) is 3.67. The molecule has 0 amide bonds. The Hall–Kier alpha value is -1.97. The van der Waals surface area contributed by atoms with Crippen molar-refractivity contribution in [3.05, 3.63) is 35.4 Å². The molecule has 3 aromatic carbocycles. The minimum atomic E-state index is 0.361. The van der Waals surface area contributed by atoms with E-state index in [1.54, 1.807) is 21.3 Å².